The normalized spacial score (nSPS) is 10.6. The van der Waals surface area contributed by atoms with E-state index in [2.05, 4.69) is 16.7 Å². The van der Waals surface area contributed by atoms with Crippen LogP contribution in [0.4, 0.5) is 5.69 Å². The molecule has 0 saturated carbocycles. The van der Waals surface area contributed by atoms with Gasteiger partial charge in [-0.25, -0.2) is 0 Å². The molecule has 4 heteroatoms. The summed E-state index contributed by atoms with van der Waals surface area (Å²) in [6, 6.07) is 13.0. The summed E-state index contributed by atoms with van der Waals surface area (Å²) >= 11 is 0. The Morgan fingerprint density at radius 2 is 1.78 bits per heavy atom. The first kappa shape index (κ1) is 16.5. The Bertz CT molecular complexity index is 764. The molecule has 0 fully saturated rings. The SMILES string of the molecule is CNC(=O)c1ccccc1NC(=O)/C=C/c1ccc(C)cc1C. The van der Waals surface area contributed by atoms with E-state index in [1.165, 1.54) is 11.6 Å². The van der Waals surface area contributed by atoms with Crippen LogP contribution in [0.3, 0.4) is 0 Å². The van der Waals surface area contributed by atoms with Crippen molar-refractivity contribution >= 4 is 23.6 Å². The molecule has 118 valence electrons. The maximum atomic E-state index is 12.1. The van der Waals surface area contributed by atoms with Crippen LogP contribution in [0.2, 0.25) is 0 Å². The lowest BCUT2D eigenvalue weighted by Gasteiger charge is -2.08. The maximum Gasteiger partial charge on any atom is 0.253 e. The Kier molecular flexibility index (Phi) is 5.31. The van der Waals surface area contributed by atoms with Gasteiger partial charge in [0.1, 0.15) is 0 Å². The Hall–Kier alpha value is -2.88. The summed E-state index contributed by atoms with van der Waals surface area (Å²) in [5.74, 6) is -0.513. The van der Waals surface area contributed by atoms with Gasteiger partial charge in [-0.1, -0.05) is 35.9 Å². The summed E-state index contributed by atoms with van der Waals surface area (Å²) in [5, 5.41) is 5.30. The molecule has 0 unspecified atom stereocenters. The third kappa shape index (κ3) is 4.30. The van der Waals surface area contributed by atoms with E-state index in [-0.39, 0.29) is 11.8 Å². The fourth-order valence-electron chi connectivity index (χ4n) is 2.28. The molecule has 0 atom stereocenters. The average Bonchev–Trinajstić information content (AvgIpc) is 2.54. The number of rotatable bonds is 4. The van der Waals surface area contributed by atoms with E-state index in [9.17, 15) is 9.59 Å². The molecule has 2 aromatic rings. The number of amides is 2. The van der Waals surface area contributed by atoms with Crippen molar-refractivity contribution in [3.63, 3.8) is 0 Å². The van der Waals surface area contributed by atoms with E-state index in [0.717, 1.165) is 11.1 Å². The van der Waals surface area contributed by atoms with E-state index in [1.54, 1.807) is 37.4 Å². The van der Waals surface area contributed by atoms with Crippen LogP contribution in [0.25, 0.3) is 6.08 Å². The highest BCUT2D eigenvalue weighted by atomic mass is 16.2. The van der Waals surface area contributed by atoms with Crippen molar-refractivity contribution < 1.29 is 9.59 Å². The van der Waals surface area contributed by atoms with Gasteiger partial charge in [-0.05, 0) is 43.2 Å². The maximum absolute atomic E-state index is 12.1. The molecule has 0 aromatic heterocycles. The lowest BCUT2D eigenvalue weighted by atomic mass is 10.1. The van der Waals surface area contributed by atoms with Gasteiger partial charge in [-0.3, -0.25) is 9.59 Å². The van der Waals surface area contributed by atoms with E-state index >= 15 is 0 Å². The number of carbonyl (C=O) groups is 2. The number of anilines is 1. The van der Waals surface area contributed by atoms with Crippen molar-refractivity contribution in [1.82, 2.24) is 5.32 Å². The van der Waals surface area contributed by atoms with Crippen LogP contribution in [-0.4, -0.2) is 18.9 Å². The molecule has 0 bridgehead atoms. The second kappa shape index (κ2) is 7.40. The van der Waals surface area contributed by atoms with Gasteiger partial charge >= 0.3 is 0 Å². The summed E-state index contributed by atoms with van der Waals surface area (Å²) in [6.07, 6.45) is 3.24. The molecule has 4 nitrogen and oxygen atoms in total. The minimum absolute atomic E-state index is 0.237. The van der Waals surface area contributed by atoms with Crippen molar-refractivity contribution in [2.24, 2.45) is 0 Å². The summed E-state index contributed by atoms with van der Waals surface area (Å²) in [5.41, 5.74) is 4.21. The molecule has 2 rings (SSSR count). The van der Waals surface area contributed by atoms with Crippen LogP contribution in [0.5, 0.6) is 0 Å². The van der Waals surface area contributed by atoms with E-state index in [0.29, 0.717) is 11.3 Å². The van der Waals surface area contributed by atoms with Crippen LogP contribution in [0.15, 0.2) is 48.5 Å². The average molecular weight is 308 g/mol. The van der Waals surface area contributed by atoms with E-state index < -0.39 is 0 Å². The summed E-state index contributed by atoms with van der Waals surface area (Å²) in [4.78, 5) is 23.9. The lowest BCUT2D eigenvalue weighted by molar-refractivity contribution is -0.111. The van der Waals surface area contributed by atoms with Gasteiger partial charge in [-0.2, -0.15) is 0 Å². The number of para-hydroxylation sites is 1. The van der Waals surface area contributed by atoms with Crippen LogP contribution in [-0.2, 0) is 4.79 Å². The van der Waals surface area contributed by atoms with Gasteiger partial charge in [0, 0.05) is 13.1 Å². The predicted molar refractivity (Wildman–Crippen MR) is 93.4 cm³/mol. The highest BCUT2D eigenvalue weighted by Gasteiger charge is 2.10. The zero-order chi connectivity index (χ0) is 16.8. The third-order valence-electron chi connectivity index (χ3n) is 3.50. The minimum Gasteiger partial charge on any atom is -0.355 e. The van der Waals surface area contributed by atoms with Gasteiger partial charge in [0.15, 0.2) is 0 Å². The van der Waals surface area contributed by atoms with E-state index in [4.69, 9.17) is 0 Å². The number of nitrogens with one attached hydrogen (secondary N) is 2. The molecule has 0 radical (unpaired) electrons. The highest BCUT2D eigenvalue weighted by molar-refractivity contribution is 6.07. The zero-order valence-corrected chi connectivity index (χ0v) is 13.5. The van der Waals surface area contributed by atoms with Crippen LogP contribution in [0.1, 0.15) is 27.0 Å². The summed E-state index contributed by atoms with van der Waals surface area (Å²) in [7, 11) is 1.56. The molecule has 0 aliphatic rings. The first-order valence-corrected chi connectivity index (χ1v) is 7.38. The largest absolute Gasteiger partial charge is 0.355 e. The first-order chi connectivity index (χ1) is 11.0. The van der Waals surface area contributed by atoms with Gasteiger partial charge < -0.3 is 10.6 Å². The number of hydrogen-bond donors (Lipinski definition) is 2. The fourth-order valence-corrected chi connectivity index (χ4v) is 2.28. The smallest absolute Gasteiger partial charge is 0.253 e. The summed E-state index contributed by atoms with van der Waals surface area (Å²) in [6.45, 7) is 4.04. The lowest BCUT2D eigenvalue weighted by Crippen LogP contribution is -2.20. The highest BCUT2D eigenvalue weighted by Crippen LogP contribution is 2.16. The van der Waals surface area contributed by atoms with Crippen molar-refractivity contribution in [3.8, 4) is 0 Å². The molecular formula is C19H20N2O2. The number of hydrogen-bond acceptors (Lipinski definition) is 2. The number of aryl methyl sites for hydroxylation is 2. The second-order valence-corrected chi connectivity index (χ2v) is 5.31. The Labute approximate surface area is 136 Å². The minimum atomic E-state index is -0.277. The Morgan fingerprint density at radius 1 is 1.04 bits per heavy atom. The topological polar surface area (TPSA) is 58.2 Å². The number of carbonyl (C=O) groups excluding carboxylic acids is 2. The Balaban J connectivity index is 2.14. The number of benzene rings is 2. The second-order valence-electron chi connectivity index (χ2n) is 5.31. The van der Waals surface area contributed by atoms with Crippen molar-refractivity contribution in [2.75, 3.05) is 12.4 Å². The molecule has 0 aliphatic carbocycles. The molecule has 0 spiro atoms. The molecular weight excluding hydrogens is 288 g/mol. The summed E-state index contributed by atoms with van der Waals surface area (Å²) < 4.78 is 0. The molecule has 2 aromatic carbocycles. The van der Waals surface area contributed by atoms with Crippen molar-refractivity contribution in [3.05, 3.63) is 70.8 Å². The molecule has 2 N–H and O–H groups in total. The van der Waals surface area contributed by atoms with Gasteiger partial charge in [-0.15, -0.1) is 0 Å². The molecule has 0 heterocycles. The van der Waals surface area contributed by atoms with Gasteiger partial charge in [0.05, 0.1) is 11.3 Å². The van der Waals surface area contributed by atoms with E-state index in [1.807, 2.05) is 26.0 Å². The van der Waals surface area contributed by atoms with Crippen LogP contribution < -0.4 is 10.6 Å². The molecule has 23 heavy (non-hydrogen) atoms. The Morgan fingerprint density at radius 3 is 2.48 bits per heavy atom. The standard InChI is InChI=1S/C19H20N2O2/c1-13-8-9-15(14(2)12-13)10-11-18(22)21-17-7-5-4-6-16(17)19(23)20-3/h4-12H,1-3H3,(H,20,23)(H,21,22)/b11-10+. The third-order valence-corrected chi connectivity index (χ3v) is 3.50. The van der Waals surface area contributed by atoms with Crippen molar-refractivity contribution in [1.29, 1.82) is 0 Å². The van der Waals surface area contributed by atoms with Crippen molar-refractivity contribution in [2.45, 2.75) is 13.8 Å². The predicted octanol–water partition coefficient (Wildman–Crippen LogP) is 3.31. The van der Waals surface area contributed by atoms with Crippen LogP contribution in [0, 0.1) is 13.8 Å². The fraction of sp³-hybridized carbons (Fsp3) is 0.158. The quantitative estimate of drug-likeness (QED) is 0.851. The first-order valence-electron chi connectivity index (χ1n) is 7.38. The van der Waals surface area contributed by atoms with Gasteiger partial charge in [0.25, 0.3) is 5.91 Å². The molecule has 2 amide bonds. The monoisotopic (exact) mass is 308 g/mol. The van der Waals surface area contributed by atoms with Crippen LogP contribution >= 0.6 is 0 Å². The van der Waals surface area contributed by atoms with Gasteiger partial charge in [0.2, 0.25) is 5.91 Å². The molecule has 0 saturated heterocycles. The molecule has 0 aliphatic heterocycles. The zero-order valence-electron chi connectivity index (χ0n) is 13.5.